The van der Waals surface area contributed by atoms with E-state index in [2.05, 4.69) is 9.97 Å². The van der Waals surface area contributed by atoms with E-state index in [0.717, 1.165) is 16.3 Å². The van der Waals surface area contributed by atoms with Crippen LogP contribution in [0.25, 0.3) is 11.4 Å². The van der Waals surface area contributed by atoms with Crippen molar-refractivity contribution in [3.63, 3.8) is 0 Å². The number of benzene rings is 1. The fourth-order valence-corrected chi connectivity index (χ4v) is 3.20. The molecule has 23 heavy (non-hydrogen) atoms. The lowest BCUT2D eigenvalue weighted by Crippen LogP contribution is -2.41. The summed E-state index contributed by atoms with van der Waals surface area (Å²) in [6.45, 7) is 4.28. The summed E-state index contributed by atoms with van der Waals surface area (Å²) in [4.78, 5) is 23.8. The molecule has 1 fully saturated rings. The van der Waals surface area contributed by atoms with Crippen LogP contribution in [0.2, 0.25) is 0 Å². The number of rotatable bonds is 3. The highest BCUT2D eigenvalue weighted by Crippen LogP contribution is 2.26. The van der Waals surface area contributed by atoms with E-state index in [1.54, 1.807) is 0 Å². The fourth-order valence-electron chi connectivity index (χ4n) is 2.58. The second-order valence-electron chi connectivity index (χ2n) is 5.29. The molecule has 1 aliphatic rings. The molecule has 1 aromatic heterocycles. The van der Waals surface area contributed by atoms with Crippen molar-refractivity contribution in [2.45, 2.75) is 11.9 Å². The topological polar surface area (TPSA) is 55.3 Å². The van der Waals surface area contributed by atoms with Crippen LogP contribution in [0.4, 0.5) is 0 Å². The van der Waals surface area contributed by atoms with Gasteiger partial charge in [0.05, 0.1) is 24.5 Å². The van der Waals surface area contributed by atoms with Crippen molar-refractivity contribution in [2.24, 2.45) is 0 Å². The van der Waals surface area contributed by atoms with Gasteiger partial charge in [-0.2, -0.15) is 0 Å². The summed E-state index contributed by atoms with van der Waals surface area (Å²) in [5.41, 5.74) is 2.29. The van der Waals surface area contributed by atoms with Crippen LogP contribution in [-0.4, -0.2) is 53.3 Å². The van der Waals surface area contributed by atoms with Gasteiger partial charge in [0.25, 0.3) is 5.91 Å². The Kier molecular flexibility index (Phi) is 4.93. The Hall–Kier alpha value is -1.92. The van der Waals surface area contributed by atoms with Crippen molar-refractivity contribution < 1.29 is 9.53 Å². The van der Waals surface area contributed by atoms with Crippen LogP contribution < -0.4 is 0 Å². The average Bonchev–Trinajstić information content (AvgIpc) is 2.62. The van der Waals surface area contributed by atoms with Gasteiger partial charge in [0.15, 0.2) is 5.82 Å². The predicted octanol–water partition coefficient (Wildman–Crippen LogP) is 2.65. The van der Waals surface area contributed by atoms with Crippen molar-refractivity contribution in [3.05, 3.63) is 41.6 Å². The zero-order valence-corrected chi connectivity index (χ0v) is 14.1. The molecule has 1 aromatic carbocycles. The smallest absolute Gasteiger partial charge is 0.258 e. The second kappa shape index (κ2) is 7.10. The van der Waals surface area contributed by atoms with Crippen molar-refractivity contribution in [1.29, 1.82) is 0 Å². The number of aromatic nitrogens is 2. The molecular weight excluding hydrogens is 310 g/mol. The molecule has 1 aliphatic heterocycles. The number of morpholine rings is 1. The molecule has 0 spiro atoms. The molecule has 2 aromatic rings. The Balaban J connectivity index is 1.99. The lowest BCUT2D eigenvalue weighted by atomic mass is 10.1. The molecule has 5 nitrogen and oxygen atoms in total. The van der Waals surface area contributed by atoms with Crippen LogP contribution in [0.3, 0.4) is 0 Å². The van der Waals surface area contributed by atoms with Crippen LogP contribution >= 0.6 is 11.8 Å². The maximum absolute atomic E-state index is 12.8. The minimum Gasteiger partial charge on any atom is -0.378 e. The van der Waals surface area contributed by atoms with Gasteiger partial charge in [-0.15, -0.1) is 11.8 Å². The average molecular weight is 329 g/mol. The number of nitrogens with zero attached hydrogens (tertiary/aromatic N) is 3. The van der Waals surface area contributed by atoms with Gasteiger partial charge in [0.2, 0.25) is 0 Å². The van der Waals surface area contributed by atoms with E-state index < -0.39 is 0 Å². The van der Waals surface area contributed by atoms with E-state index in [4.69, 9.17) is 4.74 Å². The second-order valence-corrected chi connectivity index (χ2v) is 6.08. The monoisotopic (exact) mass is 329 g/mol. The van der Waals surface area contributed by atoms with E-state index in [0.29, 0.717) is 37.7 Å². The number of hydrogen-bond donors (Lipinski definition) is 0. The van der Waals surface area contributed by atoms with Crippen LogP contribution in [0, 0.1) is 6.92 Å². The molecule has 2 heterocycles. The van der Waals surface area contributed by atoms with Crippen molar-refractivity contribution in [3.8, 4) is 11.4 Å². The van der Waals surface area contributed by atoms with Gasteiger partial charge in [-0.25, -0.2) is 9.97 Å². The number of aryl methyl sites for hydroxylation is 1. The van der Waals surface area contributed by atoms with Crippen molar-refractivity contribution in [2.75, 3.05) is 32.6 Å². The Morgan fingerprint density at radius 1 is 1.17 bits per heavy atom. The summed E-state index contributed by atoms with van der Waals surface area (Å²) >= 11 is 1.48. The molecule has 0 saturated carbocycles. The third-order valence-electron chi connectivity index (χ3n) is 3.79. The van der Waals surface area contributed by atoms with Gasteiger partial charge in [-0.1, -0.05) is 30.3 Å². The van der Waals surface area contributed by atoms with Gasteiger partial charge in [-0.05, 0) is 13.2 Å². The van der Waals surface area contributed by atoms with Gasteiger partial charge in [0, 0.05) is 18.7 Å². The minimum absolute atomic E-state index is 0.00485. The molecule has 1 amide bonds. The largest absolute Gasteiger partial charge is 0.378 e. The SMILES string of the molecule is CSc1nc(-c2ccccc2)nc(C)c1C(=O)N1CCOCC1. The highest BCUT2D eigenvalue weighted by molar-refractivity contribution is 7.98. The van der Waals surface area contributed by atoms with Crippen LogP contribution in [0.15, 0.2) is 35.4 Å². The quantitative estimate of drug-likeness (QED) is 0.640. The summed E-state index contributed by atoms with van der Waals surface area (Å²) < 4.78 is 5.32. The molecule has 0 bridgehead atoms. The van der Waals surface area contributed by atoms with E-state index in [1.165, 1.54) is 11.8 Å². The van der Waals surface area contributed by atoms with Gasteiger partial charge in [0.1, 0.15) is 5.03 Å². The molecule has 0 atom stereocenters. The first-order valence-electron chi connectivity index (χ1n) is 7.56. The number of ether oxygens (including phenoxy) is 1. The van der Waals surface area contributed by atoms with E-state index in [9.17, 15) is 4.79 Å². The Morgan fingerprint density at radius 2 is 1.87 bits per heavy atom. The standard InChI is InChI=1S/C17H19N3O2S/c1-12-14(17(21)20-8-10-22-11-9-20)16(23-2)19-15(18-12)13-6-4-3-5-7-13/h3-7H,8-11H2,1-2H3. The Bertz CT molecular complexity index is 700. The summed E-state index contributed by atoms with van der Waals surface area (Å²) in [6.07, 6.45) is 1.94. The molecule has 0 aliphatic carbocycles. The first-order chi connectivity index (χ1) is 11.2. The third kappa shape index (κ3) is 3.38. The maximum atomic E-state index is 12.8. The zero-order chi connectivity index (χ0) is 16.2. The minimum atomic E-state index is -0.00485. The van der Waals surface area contributed by atoms with Crippen molar-refractivity contribution in [1.82, 2.24) is 14.9 Å². The zero-order valence-electron chi connectivity index (χ0n) is 13.3. The van der Waals surface area contributed by atoms with Crippen LogP contribution in [-0.2, 0) is 4.74 Å². The summed E-state index contributed by atoms with van der Waals surface area (Å²) in [5, 5.41) is 0.729. The van der Waals surface area contributed by atoms with E-state index in [-0.39, 0.29) is 5.91 Å². The molecule has 6 heteroatoms. The molecule has 1 saturated heterocycles. The molecule has 120 valence electrons. The molecular formula is C17H19N3O2S. The first kappa shape index (κ1) is 16.0. The van der Waals surface area contributed by atoms with Crippen molar-refractivity contribution >= 4 is 17.7 Å². The summed E-state index contributed by atoms with van der Waals surface area (Å²) in [5.74, 6) is 0.653. The number of carbonyl (C=O) groups is 1. The normalized spacial score (nSPS) is 14.8. The predicted molar refractivity (Wildman–Crippen MR) is 90.7 cm³/mol. The number of amides is 1. The van der Waals surface area contributed by atoms with Crippen LogP contribution in [0.5, 0.6) is 0 Å². The van der Waals surface area contributed by atoms with Gasteiger partial charge >= 0.3 is 0 Å². The lowest BCUT2D eigenvalue weighted by Gasteiger charge is -2.27. The van der Waals surface area contributed by atoms with Gasteiger partial charge < -0.3 is 9.64 Å². The van der Waals surface area contributed by atoms with E-state index in [1.807, 2.05) is 48.4 Å². The first-order valence-corrected chi connectivity index (χ1v) is 8.78. The molecule has 0 unspecified atom stereocenters. The Morgan fingerprint density at radius 3 is 2.52 bits per heavy atom. The maximum Gasteiger partial charge on any atom is 0.258 e. The lowest BCUT2D eigenvalue weighted by molar-refractivity contribution is 0.0299. The Labute approximate surface area is 140 Å². The number of carbonyl (C=O) groups excluding carboxylic acids is 1. The van der Waals surface area contributed by atoms with Crippen LogP contribution in [0.1, 0.15) is 16.1 Å². The third-order valence-corrected chi connectivity index (χ3v) is 4.48. The molecule has 0 radical (unpaired) electrons. The number of hydrogen-bond acceptors (Lipinski definition) is 5. The highest BCUT2D eigenvalue weighted by atomic mass is 32.2. The summed E-state index contributed by atoms with van der Waals surface area (Å²) in [6, 6.07) is 9.83. The van der Waals surface area contributed by atoms with Gasteiger partial charge in [-0.3, -0.25) is 4.79 Å². The molecule has 3 rings (SSSR count). The number of thioether (sulfide) groups is 1. The molecule has 0 N–H and O–H groups in total. The highest BCUT2D eigenvalue weighted by Gasteiger charge is 2.25. The summed E-state index contributed by atoms with van der Waals surface area (Å²) in [7, 11) is 0. The van der Waals surface area contributed by atoms with E-state index >= 15 is 0 Å². The fraction of sp³-hybridized carbons (Fsp3) is 0.353.